The largest absolute Gasteiger partial charge is 0.465 e. The molecule has 1 aliphatic heterocycles. The summed E-state index contributed by atoms with van der Waals surface area (Å²) in [6, 6.07) is 3.17. The highest BCUT2D eigenvalue weighted by Gasteiger charge is 2.33. The minimum Gasteiger partial charge on any atom is -0.465 e. The van der Waals surface area contributed by atoms with Gasteiger partial charge in [0.05, 0.1) is 0 Å². The Bertz CT molecular complexity index is 615. The summed E-state index contributed by atoms with van der Waals surface area (Å²) in [5.74, 6) is -2.03. The maximum absolute atomic E-state index is 14.0. The van der Waals surface area contributed by atoms with Crippen LogP contribution in [0.15, 0.2) is 18.2 Å². The zero-order valence-electron chi connectivity index (χ0n) is 13.3. The monoisotopic (exact) mass is 358 g/mol. The lowest BCUT2D eigenvalue weighted by Gasteiger charge is -2.26. The standard InChI is InChI=1S/C16H20F2N2O3S/c1-24-8-7-20(16(22)23)13-6-5-10(9-19-15(13)21)11-3-2-4-12(17)14(11)18/h2-4,10,13H,5-9H2,1H3,(H,19,21)(H,22,23)/t10-,13-/m1/s1. The third-order valence-electron chi connectivity index (χ3n) is 4.19. The highest BCUT2D eigenvalue weighted by Crippen LogP contribution is 2.28. The highest BCUT2D eigenvalue weighted by molar-refractivity contribution is 7.98. The first kappa shape index (κ1) is 18.5. The predicted molar refractivity (Wildman–Crippen MR) is 88.2 cm³/mol. The molecule has 132 valence electrons. The summed E-state index contributed by atoms with van der Waals surface area (Å²) in [6.45, 7) is 0.402. The Morgan fingerprint density at radius 3 is 2.83 bits per heavy atom. The molecule has 5 nitrogen and oxygen atoms in total. The van der Waals surface area contributed by atoms with Gasteiger partial charge in [-0.3, -0.25) is 9.69 Å². The average Bonchev–Trinajstić information content (AvgIpc) is 2.73. The molecule has 1 heterocycles. The van der Waals surface area contributed by atoms with Crippen molar-refractivity contribution in [2.75, 3.05) is 25.1 Å². The number of halogens is 2. The lowest BCUT2D eigenvalue weighted by Crippen LogP contribution is -2.49. The van der Waals surface area contributed by atoms with Crippen LogP contribution < -0.4 is 5.32 Å². The average molecular weight is 358 g/mol. The lowest BCUT2D eigenvalue weighted by atomic mass is 9.93. The number of nitrogens with one attached hydrogen (secondary N) is 1. The Morgan fingerprint density at radius 2 is 2.17 bits per heavy atom. The molecule has 2 atom stereocenters. The smallest absolute Gasteiger partial charge is 0.408 e. The zero-order valence-corrected chi connectivity index (χ0v) is 14.1. The van der Waals surface area contributed by atoms with Gasteiger partial charge in [-0.25, -0.2) is 13.6 Å². The molecule has 1 aromatic carbocycles. The molecule has 0 saturated carbocycles. The second-order valence-corrected chi connectivity index (χ2v) is 6.63. The maximum Gasteiger partial charge on any atom is 0.408 e. The van der Waals surface area contributed by atoms with E-state index in [2.05, 4.69) is 5.32 Å². The number of benzene rings is 1. The Hall–Kier alpha value is -1.83. The van der Waals surface area contributed by atoms with Gasteiger partial charge in [-0.15, -0.1) is 0 Å². The van der Waals surface area contributed by atoms with E-state index >= 15 is 0 Å². The fourth-order valence-corrected chi connectivity index (χ4v) is 3.29. The van der Waals surface area contributed by atoms with Crippen LogP contribution in [0.2, 0.25) is 0 Å². The van der Waals surface area contributed by atoms with Gasteiger partial charge in [0, 0.05) is 24.8 Å². The van der Waals surface area contributed by atoms with Crippen molar-refractivity contribution < 1.29 is 23.5 Å². The molecule has 0 radical (unpaired) electrons. The highest BCUT2D eigenvalue weighted by atomic mass is 32.2. The fourth-order valence-electron chi connectivity index (χ4n) is 2.91. The molecule has 8 heteroatoms. The minimum absolute atomic E-state index is 0.158. The molecule has 1 saturated heterocycles. The molecule has 1 fully saturated rings. The lowest BCUT2D eigenvalue weighted by molar-refractivity contribution is -0.125. The number of hydrogen-bond donors (Lipinski definition) is 2. The fraction of sp³-hybridized carbons (Fsp3) is 0.500. The van der Waals surface area contributed by atoms with E-state index in [9.17, 15) is 23.5 Å². The van der Waals surface area contributed by atoms with Crippen molar-refractivity contribution >= 4 is 23.8 Å². The van der Waals surface area contributed by atoms with Crippen molar-refractivity contribution in [3.63, 3.8) is 0 Å². The first-order chi connectivity index (χ1) is 11.5. The van der Waals surface area contributed by atoms with Crippen LogP contribution in [0.1, 0.15) is 24.3 Å². The summed E-state index contributed by atoms with van der Waals surface area (Å²) >= 11 is 1.49. The third kappa shape index (κ3) is 4.17. The van der Waals surface area contributed by atoms with Crippen molar-refractivity contribution in [1.29, 1.82) is 0 Å². The zero-order chi connectivity index (χ0) is 17.7. The van der Waals surface area contributed by atoms with Gasteiger partial charge in [0.1, 0.15) is 6.04 Å². The van der Waals surface area contributed by atoms with E-state index in [-0.39, 0.29) is 31.0 Å². The van der Waals surface area contributed by atoms with Crippen LogP contribution in [0.4, 0.5) is 13.6 Å². The van der Waals surface area contributed by atoms with Gasteiger partial charge in [-0.05, 0) is 30.7 Å². The van der Waals surface area contributed by atoms with Crippen LogP contribution in [-0.2, 0) is 4.79 Å². The van der Waals surface area contributed by atoms with Gasteiger partial charge in [0.15, 0.2) is 11.6 Å². The van der Waals surface area contributed by atoms with Crippen molar-refractivity contribution in [2.24, 2.45) is 0 Å². The number of nitrogens with zero attached hydrogens (tertiary/aromatic N) is 1. The number of rotatable bonds is 5. The molecule has 1 aromatic rings. The van der Waals surface area contributed by atoms with Gasteiger partial charge < -0.3 is 10.4 Å². The number of carbonyl (C=O) groups is 2. The summed E-state index contributed by atoms with van der Waals surface area (Å²) in [6.07, 6.45) is 1.37. The van der Waals surface area contributed by atoms with E-state index < -0.39 is 29.7 Å². The van der Waals surface area contributed by atoms with E-state index in [0.29, 0.717) is 12.2 Å². The number of thioether (sulfide) groups is 1. The quantitative estimate of drug-likeness (QED) is 0.849. The molecule has 0 aliphatic carbocycles. The number of amides is 2. The van der Waals surface area contributed by atoms with Gasteiger partial charge in [-0.2, -0.15) is 11.8 Å². The van der Waals surface area contributed by atoms with Crippen molar-refractivity contribution in [3.8, 4) is 0 Å². The Labute approximate surface area is 143 Å². The van der Waals surface area contributed by atoms with E-state index in [1.807, 2.05) is 6.26 Å². The van der Waals surface area contributed by atoms with E-state index in [4.69, 9.17) is 0 Å². The number of carbonyl (C=O) groups excluding carboxylic acids is 1. The van der Waals surface area contributed by atoms with Crippen molar-refractivity contribution in [3.05, 3.63) is 35.4 Å². The third-order valence-corrected chi connectivity index (χ3v) is 4.78. The van der Waals surface area contributed by atoms with E-state index in [0.717, 1.165) is 11.0 Å². The molecule has 0 aromatic heterocycles. The number of carboxylic acid groups (broad SMARTS) is 1. The molecule has 1 aliphatic rings. The van der Waals surface area contributed by atoms with Crippen LogP contribution in [0, 0.1) is 11.6 Å². The molecule has 0 spiro atoms. The molecule has 24 heavy (non-hydrogen) atoms. The van der Waals surface area contributed by atoms with E-state index in [1.165, 1.54) is 23.9 Å². The van der Waals surface area contributed by atoms with Gasteiger partial charge in [-0.1, -0.05) is 12.1 Å². The summed E-state index contributed by atoms with van der Waals surface area (Å²) in [4.78, 5) is 24.8. The normalized spacial score (nSPS) is 21.0. The first-order valence-electron chi connectivity index (χ1n) is 7.65. The summed E-state index contributed by atoms with van der Waals surface area (Å²) < 4.78 is 27.4. The SMILES string of the molecule is CSCCN(C(=O)O)[C@@H]1CC[C@@H](c2cccc(F)c2F)CNC1=O. The summed E-state index contributed by atoms with van der Waals surface area (Å²) in [5, 5.41) is 12.0. The Balaban J connectivity index is 2.16. The summed E-state index contributed by atoms with van der Waals surface area (Å²) in [7, 11) is 0. The molecule has 2 amide bonds. The van der Waals surface area contributed by atoms with Crippen LogP contribution >= 0.6 is 11.8 Å². The van der Waals surface area contributed by atoms with Gasteiger partial charge >= 0.3 is 6.09 Å². The predicted octanol–water partition coefficient (Wildman–Crippen LogP) is 2.67. The molecule has 2 N–H and O–H groups in total. The second-order valence-electron chi connectivity index (χ2n) is 5.65. The second kappa shape index (κ2) is 8.32. The van der Waals surface area contributed by atoms with Crippen molar-refractivity contribution in [2.45, 2.75) is 24.8 Å². The van der Waals surface area contributed by atoms with Gasteiger partial charge in [0.25, 0.3) is 0 Å². The topological polar surface area (TPSA) is 69.6 Å². The van der Waals surface area contributed by atoms with E-state index in [1.54, 1.807) is 0 Å². The van der Waals surface area contributed by atoms with Crippen LogP contribution in [0.25, 0.3) is 0 Å². The Kier molecular flexibility index (Phi) is 6.42. The summed E-state index contributed by atoms with van der Waals surface area (Å²) in [5.41, 5.74) is 0.210. The molecular formula is C16H20F2N2O3S. The molecule has 0 bridgehead atoms. The van der Waals surface area contributed by atoms with Crippen molar-refractivity contribution in [1.82, 2.24) is 10.2 Å². The Morgan fingerprint density at radius 1 is 1.42 bits per heavy atom. The van der Waals surface area contributed by atoms with Crippen LogP contribution in [-0.4, -0.2) is 53.1 Å². The van der Waals surface area contributed by atoms with Gasteiger partial charge in [0.2, 0.25) is 5.91 Å². The van der Waals surface area contributed by atoms with Crippen LogP contribution in [0.3, 0.4) is 0 Å². The molecule has 2 rings (SSSR count). The first-order valence-corrected chi connectivity index (χ1v) is 9.05. The van der Waals surface area contributed by atoms with Crippen LogP contribution in [0.5, 0.6) is 0 Å². The maximum atomic E-state index is 14.0. The number of hydrogen-bond acceptors (Lipinski definition) is 3. The minimum atomic E-state index is -1.15. The molecule has 0 unspecified atom stereocenters. The molecular weight excluding hydrogens is 338 g/mol.